The number of pyridine rings is 1. The molecule has 0 aliphatic carbocycles. The van der Waals surface area contributed by atoms with E-state index in [1.54, 1.807) is 30.5 Å². The third-order valence-electron chi connectivity index (χ3n) is 6.85. The van der Waals surface area contributed by atoms with E-state index in [-0.39, 0.29) is 41.9 Å². The minimum Gasteiger partial charge on any atom is -0.493 e. The summed E-state index contributed by atoms with van der Waals surface area (Å²) in [5, 5.41) is 5.95. The van der Waals surface area contributed by atoms with Gasteiger partial charge in [0.15, 0.2) is 23.1 Å². The van der Waals surface area contributed by atoms with Crippen molar-refractivity contribution in [1.82, 2.24) is 4.98 Å². The molecule has 0 aliphatic heterocycles. The van der Waals surface area contributed by atoms with E-state index in [0.29, 0.717) is 53.3 Å². The summed E-state index contributed by atoms with van der Waals surface area (Å²) in [5.41, 5.74) is 2.36. The summed E-state index contributed by atoms with van der Waals surface area (Å²) in [6.07, 6.45) is 2.87. The lowest BCUT2D eigenvalue weighted by Crippen LogP contribution is -2.13. The maximum absolute atomic E-state index is 15.1. The van der Waals surface area contributed by atoms with Crippen molar-refractivity contribution in [3.8, 4) is 23.0 Å². The molecule has 5 rings (SSSR count). The molecule has 0 radical (unpaired) electrons. The summed E-state index contributed by atoms with van der Waals surface area (Å²) in [7, 11) is 1.53. The van der Waals surface area contributed by atoms with Crippen molar-refractivity contribution in [3.63, 3.8) is 0 Å². The first-order valence-electron chi connectivity index (χ1n) is 14.3. The number of ether oxygens (including phenoxy) is 3. The number of hydrogen-bond acceptors (Lipinski definition) is 6. The van der Waals surface area contributed by atoms with Crippen LogP contribution in [0.1, 0.15) is 31.2 Å². The SMILES string of the molecule is COc1cc2c(Oc3ccc(NC(=O)CCCCC(=O)Nc4ccc(F)cc4)cc3F)ccnc2cc1OCc1ccccc1. The van der Waals surface area contributed by atoms with E-state index >= 15 is 4.39 Å². The summed E-state index contributed by atoms with van der Waals surface area (Å²) >= 11 is 0. The standard InChI is InChI=1S/C35H31F2N3O5/c1-43-32-20-27-29(21-33(32)44-22-23-7-3-2-4-8-23)38-18-17-30(27)45-31-16-15-26(19-28(31)37)40-35(42)10-6-5-9-34(41)39-25-13-11-24(36)12-14-25/h2-4,7-8,11-21H,5-6,9-10,22H2,1H3,(H,39,41)(H,40,42). The molecule has 1 aromatic heterocycles. The van der Waals surface area contributed by atoms with Crippen molar-refractivity contribution in [3.05, 3.63) is 114 Å². The maximum Gasteiger partial charge on any atom is 0.224 e. The van der Waals surface area contributed by atoms with Gasteiger partial charge in [-0.05, 0) is 66.9 Å². The molecular weight excluding hydrogens is 580 g/mol. The van der Waals surface area contributed by atoms with Gasteiger partial charge in [0, 0.05) is 47.9 Å². The summed E-state index contributed by atoms with van der Waals surface area (Å²) in [5.74, 6) is -0.254. The highest BCUT2D eigenvalue weighted by Crippen LogP contribution is 2.38. The van der Waals surface area contributed by atoms with Gasteiger partial charge in [-0.2, -0.15) is 0 Å². The number of unbranched alkanes of at least 4 members (excludes halogenated alkanes) is 1. The monoisotopic (exact) mass is 611 g/mol. The molecule has 0 spiro atoms. The van der Waals surface area contributed by atoms with Crippen molar-refractivity contribution < 1.29 is 32.6 Å². The number of fused-ring (bicyclic) bond motifs is 1. The highest BCUT2D eigenvalue weighted by atomic mass is 19.1. The molecule has 5 aromatic rings. The maximum atomic E-state index is 15.1. The van der Waals surface area contributed by atoms with Crippen LogP contribution in [-0.4, -0.2) is 23.9 Å². The van der Waals surface area contributed by atoms with Crippen molar-refractivity contribution in [1.29, 1.82) is 0 Å². The van der Waals surface area contributed by atoms with Gasteiger partial charge in [-0.25, -0.2) is 8.78 Å². The zero-order valence-electron chi connectivity index (χ0n) is 24.5. The first-order chi connectivity index (χ1) is 21.9. The van der Waals surface area contributed by atoms with Gasteiger partial charge in [0.25, 0.3) is 0 Å². The molecule has 0 atom stereocenters. The Labute approximate surface area is 259 Å². The molecule has 4 aromatic carbocycles. The van der Waals surface area contributed by atoms with E-state index in [2.05, 4.69) is 15.6 Å². The summed E-state index contributed by atoms with van der Waals surface area (Å²) in [4.78, 5) is 28.9. The Kier molecular flexibility index (Phi) is 10.2. The highest BCUT2D eigenvalue weighted by molar-refractivity contribution is 5.92. The van der Waals surface area contributed by atoms with Crippen LogP contribution in [0.4, 0.5) is 20.2 Å². The van der Waals surface area contributed by atoms with Crippen LogP contribution in [0.15, 0.2) is 97.2 Å². The van der Waals surface area contributed by atoms with Gasteiger partial charge in [-0.3, -0.25) is 14.6 Å². The molecule has 0 saturated carbocycles. The third kappa shape index (κ3) is 8.54. The van der Waals surface area contributed by atoms with Crippen molar-refractivity contribution in [2.24, 2.45) is 0 Å². The number of carbonyl (C=O) groups is 2. The van der Waals surface area contributed by atoms with Crippen molar-refractivity contribution in [2.75, 3.05) is 17.7 Å². The molecular formula is C35H31F2N3O5. The Morgan fingerprint density at radius 2 is 1.42 bits per heavy atom. The topological polar surface area (TPSA) is 98.8 Å². The van der Waals surface area contributed by atoms with E-state index in [1.165, 1.54) is 43.5 Å². The van der Waals surface area contributed by atoms with Crippen LogP contribution < -0.4 is 24.8 Å². The normalized spacial score (nSPS) is 10.7. The Bertz CT molecular complexity index is 1780. The van der Waals surface area contributed by atoms with Crippen LogP contribution in [0.2, 0.25) is 0 Å². The molecule has 2 N–H and O–H groups in total. The fourth-order valence-electron chi connectivity index (χ4n) is 4.56. The van der Waals surface area contributed by atoms with Gasteiger partial charge in [0.1, 0.15) is 18.2 Å². The number of hydrogen-bond donors (Lipinski definition) is 2. The Hall–Kier alpha value is -5.51. The molecule has 0 fully saturated rings. The third-order valence-corrected chi connectivity index (χ3v) is 6.85. The van der Waals surface area contributed by atoms with Crippen LogP contribution in [-0.2, 0) is 16.2 Å². The predicted octanol–water partition coefficient (Wildman–Crippen LogP) is 8.03. The minimum absolute atomic E-state index is 0.0314. The Balaban J connectivity index is 1.15. The highest BCUT2D eigenvalue weighted by Gasteiger charge is 2.15. The number of carbonyl (C=O) groups excluding carboxylic acids is 2. The Morgan fingerprint density at radius 3 is 2.11 bits per heavy atom. The largest absolute Gasteiger partial charge is 0.493 e. The lowest BCUT2D eigenvalue weighted by Gasteiger charge is -2.14. The number of rotatable bonds is 13. The quantitative estimate of drug-likeness (QED) is 0.131. The van der Waals surface area contributed by atoms with Crippen molar-refractivity contribution in [2.45, 2.75) is 32.3 Å². The number of nitrogens with one attached hydrogen (secondary N) is 2. The molecule has 45 heavy (non-hydrogen) atoms. The number of halogens is 2. The van der Waals surface area contributed by atoms with Crippen LogP contribution in [0.25, 0.3) is 10.9 Å². The second-order valence-electron chi connectivity index (χ2n) is 10.2. The lowest BCUT2D eigenvalue weighted by atomic mass is 10.1. The van der Waals surface area contributed by atoms with E-state index in [9.17, 15) is 14.0 Å². The number of benzene rings is 4. The molecule has 0 saturated heterocycles. The molecule has 2 amide bonds. The van der Waals surface area contributed by atoms with Crippen LogP contribution in [0, 0.1) is 11.6 Å². The number of amides is 2. The second kappa shape index (κ2) is 14.8. The van der Waals surface area contributed by atoms with Crippen molar-refractivity contribution >= 4 is 34.1 Å². The summed E-state index contributed by atoms with van der Waals surface area (Å²) in [6, 6.07) is 24.5. The van der Waals surface area contributed by atoms with E-state index in [4.69, 9.17) is 14.2 Å². The number of nitrogens with zero attached hydrogens (tertiary/aromatic N) is 1. The minimum atomic E-state index is -0.662. The number of aromatic nitrogens is 1. The zero-order chi connectivity index (χ0) is 31.6. The molecule has 1 heterocycles. The Morgan fingerprint density at radius 1 is 0.733 bits per heavy atom. The average molecular weight is 612 g/mol. The van der Waals surface area contributed by atoms with Gasteiger partial charge in [-0.15, -0.1) is 0 Å². The van der Waals surface area contributed by atoms with E-state index < -0.39 is 5.82 Å². The van der Waals surface area contributed by atoms with Gasteiger partial charge in [0.2, 0.25) is 11.8 Å². The number of methoxy groups -OCH3 is 1. The zero-order valence-corrected chi connectivity index (χ0v) is 24.5. The fourth-order valence-corrected chi connectivity index (χ4v) is 4.56. The lowest BCUT2D eigenvalue weighted by molar-refractivity contribution is -0.118. The summed E-state index contributed by atoms with van der Waals surface area (Å²) in [6.45, 7) is 0.350. The molecule has 10 heteroatoms. The van der Waals surface area contributed by atoms with Gasteiger partial charge in [-0.1, -0.05) is 30.3 Å². The second-order valence-corrected chi connectivity index (χ2v) is 10.2. The summed E-state index contributed by atoms with van der Waals surface area (Å²) < 4.78 is 45.5. The molecule has 230 valence electrons. The fraction of sp³-hybridized carbons (Fsp3) is 0.171. The predicted molar refractivity (Wildman–Crippen MR) is 168 cm³/mol. The smallest absolute Gasteiger partial charge is 0.224 e. The number of anilines is 2. The molecule has 8 nitrogen and oxygen atoms in total. The van der Waals surface area contributed by atoms with Crippen LogP contribution >= 0.6 is 0 Å². The average Bonchev–Trinajstić information content (AvgIpc) is 3.04. The van der Waals surface area contributed by atoms with E-state index in [0.717, 1.165) is 5.56 Å². The van der Waals surface area contributed by atoms with Crippen LogP contribution in [0.5, 0.6) is 23.0 Å². The first-order valence-corrected chi connectivity index (χ1v) is 14.3. The van der Waals surface area contributed by atoms with E-state index in [1.807, 2.05) is 30.3 Å². The van der Waals surface area contributed by atoms with Gasteiger partial charge in [0.05, 0.1) is 12.6 Å². The van der Waals surface area contributed by atoms with Gasteiger partial charge < -0.3 is 24.8 Å². The van der Waals surface area contributed by atoms with Gasteiger partial charge >= 0.3 is 0 Å². The molecule has 0 unspecified atom stereocenters. The molecule has 0 bridgehead atoms. The van der Waals surface area contributed by atoms with Crippen LogP contribution in [0.3, 0.4) is 0 Å². The first kappa shape index (κ1) is 30.9. The molecule has 0 aliphatic rings.